The maximum absolute atomic E-state index is 14.2. The Balaban J connectivity index is 1.64. The number of halogens is 2. The van der Waals surface area contributed by atoms with Crippen LogP contribution in [0.4, 0.5) is 14.6 Å². The monoisotopic (exact) mass is 532 g/mol. The lowest BCUT2D eigenvalue weighted by atomic mass is 10.0. The van der Waals surface area contributed by atoms with Gasteiger partial charge in [0.25, 0.3) is 10.8 Å². The lowest BCUT2D eigenvalue weighted by molar-refractivity contribution is 0.412. The summed E-state index contributed by atoms with van der Waals surface area (Å²) in [5, 5.41) is 5.73. The Bertz CT molecular complexity index is 1920. The Labute approximate surface area is 217 Å². The van der Waals surface area contributed by atoms with Crippen molar-refractivity contribution in [2.45, 2.75) is 13.0 Å². The molecule has 10 nitrogen and oxygen atoms in total. The smallest absolute Gasteiger partial charge is 0.273 e. The number of benzene rings is 1. The number of rotatable bonds is 5. The SMILES string of the molecule is COc1ncc(-c2nn([C@H](C)c3nc4ccc(F)cn4c(=O)c3-c3cccc(F)c3)c3ncnc(N)c23)s1. The number of nitrogen functional groups attached to an aromatic ring is 1. The van der Waals surface area contributed by atoms with E-state index in [4.69, 9.17) is 20.6 Å². The van der Waals surface area contributed by atoms with E-state index in [1.165, 1.54) is 55.1 Å². The lowest BCUT2D eigenvalue weighted by Gasteiger charge is -2.18. The molecule has 6 rings (SSSR count). The molecule has 0 aliphatic heterocycles. The van der Waals surface area contributed by atoms with Gasteiger partial charge in [0.15, 0.2) is 5.65 Å². The first kappa shape index (κ1) is 23.6. The fourth-order valence-corrected chi connectivity index (χ4v) is 5.09. The summed E-state index contributed by atoms with van der Waals surface area (Å²) in [6.07, 6.45) is 3.98. The van der Waals surface area contributed by atoms with Gasteiger partial charge < -0.3 is 10.5 Å². The van der Waals surface area contributed by atoms with Gasteiger partial charge in [-0.05, 0) is 36.8 Å². The molecule has 0 unspecified atom stereocenters. The third-order valence-corrected chi connectivity index (χ3v) is 7.07. The van der Waals surface area contributed by atoms with Crippen LogP contribution in [0.1, 0.15) is 18.7 Å². The van der Waals surface area contributed by atoms with Crippen LogP contribution in [0.2, 0.25) is 0 Å². The van der Waals surface area contributed by atoms with Gasteiger partial charge in [-0.25, -0.2) is 33.4 Å². The van der Waals surface area contributed by atoms with E-state index in [-0.39, 0.29) is 17.0 Å². The van der Waals surface area contributed by atoms with Crippen molar-refractivity contribution in [1.82, 2.24) is 34.1 Å². The van der Waals surface area contributed by atoms with E-state index in [1.54, 1.807) is 23.9 Å². The van der Waals surface area contributed by atoms with Crippen LogP contribution < -0.4 is 16.0 Å². The van der Waals surface area contributed by atoms with Crippen LogP contribution in [-0.4, -0.2) is 41.2 Å². The zero-order valence-corrected chi connectivity index (χ0v) is 20.8. The number of aromatic nitrogens is 7. The molecule has 0 amide bonds. The fourth-order valence-electron chi connectivity index (χ4n) is 4.36. The normalized spacial score (nSPS) is 12.3. The van der Waals surface area contributed by atoms with E-state index in [0.29, 0.717) is 38.1 Å². The molecule has 0 aliphatic carbocycles. The quantitative estimate of drug-likeness (QED) is 0.352. The zero-order chi connectivity index (χ0) is 26.6. The van der Waals surface area contributed by atoms with Crippen LogP contribution in [0.5, 0.6) is 5.19 Å². The Morgan fingerprint density at radius 2 is 1.95 bits per heavy atom. The average Bonchev–Trinajstić information content (AvgIpc) is 3.54. The summed E-state index contributed by atoms with van der Waals surface area (Å²) in [5.41, 5.74) is 7.48. The first-order valence-corrected chi connectivity index (χ1v) is 12.1. The largest absolute Gasteiger partial charge is 0.473 e. The minimum atomic E-state index is -0.684. The number of hydrogen-bond donors (Lipinski definition) is 1. The molecule has 1 atom stereocenters. The van der Waals surface area contributed by atoms with Crippen LogP contribution in [-0.2, 0) is 0 Å². The predicted molar refractivity (Wildman–Crippen MR) is 138 cm³/mol. The minimum Gasteiger partial charge on any atom is -0.473 e. The van der Waals surface area contributed by atoms with E-state index >= 15 is 0 Å². The number of ether oxygens (including phenoxy) is 1. The van der Waals surface area contributed by atoms with E-state index < -0.39 is 23.2 Å². The van der Waals surface area contributed by atoms with Crippen molar-refractivity contribution in [3.05, 3.63) is 82.8 Å². The summed E-state index contributed by atoms with van der Waals surface area (Å²) in [6.45, 7) is 1.78. The minimum absolute atomic E-state index is 0.104. The summed E-state index contributed by atoms with van der Waals surface area (Å²) < 4.78 is 36.2. The van der Waals surface area contributed by atoms with Gasteiger partial charge in [0.05, 0.1) is 40.9 Å². The highest BCUT2D eigenvalue weighted by molar-refractivity contribution is 7.16. The molecule has 190 valence electrons. The first-order valence-electron chi connectivity index (χ1n) is 11.3. The second-order valence-corrected chi connectivity index (χ2v) is 9.38. The van der Waals surface area contributed by atoms with Gasteiger partial charge in [0.1, 0.15) is 35.1 Å². The van der Waals surface area contributed by atoms with Crippen LogP contribution in [0.25, 0.3) is 38.4 Å². The van der Waals surface area contributed by atoms with Gasteiger partial charge in [0.2, 0.25) is 0 Å². The third-order valence-electron chi connectivity index (χ3n) is 6.10. The summed E-state index contributed by atoms with van der Waals surface area (Å²) >= 11 is 1.27. The van der Waals surface area contributed by atoms with Gasteiger partial charge in [0, 0.05) is 6.20 Å². The first-order chi connectivity index (χ1) is 18.4. The molecular weight excluding hydrogens is 514 g/mol. The molecular formula is C25H18F2N8O2S. The highest BCUT2D eigenvalue weighted by atomic mass is 32.1. The van der Waals surface area contributed by atoms with Crippen molar-refractivity contribution in [3.8, 4) is 26.9 Å². The fraction of sp³-hybridized carbons (Fsp3) is 0.120. The number of thiazole rings is 1. The van der Waals surface area contributed by atoms with Crippen LogP contribution in [0.15, 0.2) is 59.9 Å². The predicted octanol–water partition coefficient (Wildman–Crippen LogP) is 4.10. The average molecular weight is 533 g/mol. The molecule has 1 aromatic carbocycles. The number of nitrogens with two attached hydrogens (primary N) is 1. The highest BCUT2D eigenvalue weighted by Gasteiger charge is 2.27. The number of fused-ring (bicyclic) bond motifs is 2. The van der Waals surface area contributed by atoms with E-state index in [9.17, 15) is 13.6 Å². The second kappa shape index (κ2) is 8.95. The lowest BCUT2D eigenvalue weighted by Crippen LogP contribution is -2.23. The Hall–Kier alpha value is -4.78. The molecule has 0 saturated heterocycles. The van der Waals surface area contributed by atoms with Gasteiger partial charge in [-0.15, -0.1) is 0 Å². The van der Waals surface area contributed by atoms with Crippen molar-refractivity contribution in [3.63, 3.8) is 0 Å². The molecule has 0 fully saturated rings. The van der Waals surface area contributed by atoms with Gasteiger partial charge >= 0.3 is 0 Å². The molecule has 13 heteroatoms. The zero-order valence-electron chi connectivity index (χ0n) is 20.0. The van der Waals surface area contributed by atoms with Crippen LogP contribution in [0.3, 0.4) is 0 Å². The van der Waals surface area contributed by atoms with E-state index in [0.717, 1.165) is 10.6 Å². The molecule has 38 heavy (non-hydrogen) atoms. The number of hydrogen-bond acceptors (Lipinski definition) is 9. The highest BCUT2D eigenvalue weighted by Crippen LogP contribution is 2.38. The summed E-state index contributed by atoms with van der Waals surface area (Å²) in [6, 6.07) is 7.52. The summed E-state index contributed by atoms with van der Waals surface area (Å²) in [5.74, 6) is -0.929. The third kappa shape index (κ3) is 3.75. The van der Waals surface area contributed by atoms with Crippen LogP contribution >= 0.6 is 11.3 Å². The Morgan fingerprint density at radius 3 is 2.71 bits per heavy atom. The summed E-state index contributed by atoms with van der Waals surface area (Å²) in [4.78, 5) is 31.8. The molecule has 0 bridgehead atoms. The molecule has 0 radical (unpaired) electrons. The van der Waals surface area contributed by atoms with Crippen molar-refractivity contribution >= 4 is 33.8 Å². The Morgan fingerprint density at radius 1 is 1.11 bits per heavy atom. The van der Waals surface area contributed by atoms with Crippen molar-refractivity contribution in [2.24, 2.45) is 0 Å². The van der Waals surface area contributed by atoms with Crippen molar-refractivity contribution in [2.75, 3.05) is 12.8 Å². The van der Waals surface area contributed by atoms with Crippen molar-refractivity contribution < 1.29 is 13.5 Å². The van der Waals surface area contributed by atoms with E-state index in [1.807, 2.05) is 0 Å². The Kier molecular flexibility index (Phi) is 5.56. The molecule has 5 heterocycles. The van der Waals surface area contributed by atoms with E-state index in [2.05, 4.69) is 15.0 Å². The topological polar surface area (TPSA) is 126 Å². The number of pyridine rings is 1. The molecule has 0 saturated carbocycles. The van der Waals surface area contributed by atoms with Gasteiger partial charge in [-0.3, -0.25) is 9.20 Å². The second-order valence-electron chi connectivity index (χ2n) is 8.38. The molecule has 2 N–H and O–H groups in total. The van der Waals surface area contributed by atoms with Crippen molar-refractivity contribution in [1.29, 1.82) is 0 Å². The standard InChI is InChI=1S/C25H18F2N8O2S/c1-12(35-23-19(22(28)30-11-31-23)21(33-35)16-9-29-25(37-2)38-16)20-18(13-4-3-5-14(26)8-13)24(36)34-10-15(27)6-7-17(34)32-20/h3-12H,1-2H3,(H2,28,30,31)/t12-/m1/s1. The molecule has 6 aromatic rings. The molecule has 5 aromatic heterocycles. The number of anilines is 1. The maximum Gasteiger partial charge on any atom is 0.273 e. The molecule has 0 aliphatic rings. The van der Waals surface area contributed by atoms with Crippen LogP contribution in [0, 0.1) is 11.6 Å². The summed E-state index contributed by atoms with van der Waals surface area (Å²) in [7, 11) is 1.52. The van der Waals surface area contributed by atoms with Gasteiger partial charge in [-0.1, -0.05) is 23.5 Å². The maximum atomic E-state index is 14.2. The number of nitrogens with zero attached hydrogens (tertiary/aromatic N) is 7. The number of methoxy groups -OCH3 is 1. The van der Waals surface area contributed by atoms with Gasteiger partial charge in [-0.2, -0.15) is 5.10 Å². The molecule has 0 spiro atoms.